The van der Waals surface area contributed by atoms with Crippen molar-refractivity contribution in [3.8, 4) is 0 Å². The van der Waals surface area contributed by atoms with Gasteiger partial charge in [-0.3, -0.25) is 4.79 Å². The molecule has 6 heteroatoms. The fourth-order valence-corrected chi connectivity index (χ4v) is 2.30. The maximum atomic E-state index is 12.9. The Bertz CT molecular complexity index is 284. The highest BCUT2D eigenvalue weighted by Gasteiger charge is 2.64. The second-order valence-corrected chi connectivity index (χ2v) is 4.57. The highest BCUT2D eigenvalue weighted by molar-refractivity contribution is 5.88. The highest BCUT2D eigenvalue weighted by atomic mass is 19.4. The standard InChI is InChI=1S/C11H15F5O/c1-2-7-4-3-5-8(6-7)9(17)10(12,13)11(14,15)16/h7-8H,2-6H2,1H3. The fourth-order valence-electron chi connectivity index (χ4n) is 2.30. The molecule has 0 heterocycles. The minimum Gasteiger partial charge on any atom is -0.292 e. The Morgan fingerprint density at radius 2 is 1.76 bits per heavy atom. The Kier molecular flexibility index (Phi) is 4.15. The van der Waals surface area contributed by atoms with Crippen LogP contribution in [0.4, 0.5) is 22.0 Å². The van der Waals surface area contributed by atoms with Gasteiger partial charge in [-0.05, 0) is 18.8 Å². The van der Waals surface area contributed by atoms with Gasteiger partial charge in [-0.1, -0.05) is 26.2 Å². The van der Waals surface area contributed by atoms with E-state index in [1.807, 2.05) is 6.92 Å². The van der Waals surface area contributed by atoms with Crippen LogP contribution in [-0.2, 0) is 4.79 Å². The average molecular weight is 258 g/mol. The Labute approximate surface area is 96.4 Å². The molecule has 2 atom stereocenters. The van der Waals surface area contributed by atoms with Gasteiger partial charge >= 0.3 is 12.1 Å². The minimum atomic E-state index is -5.77. The van der Waals surface area contributed by atoms with Crippen LogP contribution in [0.15, 0.2) is 0 Å². The summed E-state index contributed by atoms with van der Waals surface area (Å²) < 4.78 is 61.9. The van der Waals surface area contributed by atoms with E-state index in [2.05, 4.69) is 0 Å². The van der Waals surface area contributed by atoms with Crippen LogP contribution < -0.4 is 0 Å². The summed E-state index contributed by atoms with van der Waals surface area (Å²) in [6.07, 6.45) is -3.42. The summed E-state index contributed by atoms with van der Waals surface area (Å²) in [5.74, 6) is -8.22. The van der Waals surface area contributed by atoms with E-state index in [-0.39, 0.29) is 18.8 Å². The Hall–Kier alpha value is -0.680. The lowest BCUT2D eigenvalue weighted by atomic mass is 9.77. The smallest absolute Gasteiger partial charge is 0.292 e. The van der Waals surface area contributed by atoms with E-state index in [0.29, 0.717) is 12.8 Å². The molecule has 0 amide bonds. The Morgan fingerprint density at radius 1 is 1.18 bits per heavy atom. The van der Waals surface area contributed by atoms with Gasteiger partial charge in [-0.2, -0.15) is 22.0 Å². The summed E-state index contributed by atoms with van der Waals surface area (Å²) in [4.78, 5) is 11.3. The number of hydrogen-bond acceptors (Lipinski definition) is 1. The summed E-state index contributed by atoms with van der Waals surface area (Å²) in [5, 5.41) is 0. The number of ketones is 1. The fraction of sp³-hybridized carbons (Fsp3) is 0.909. The van der Waals surface area contributed by atoms with Crippen molar-refractivity contribution in [2.24, 2.45) is 11.8 Å². The lowest BCUT2D eigenvalue weighted by Gasteiger charge is -2.30. The lowest BCUT2D eigenvalue weighted by molar-refractivity contribution is -0.271. The number of hydrogen-bond donors (Lipinski definition) is 0. The maximum absolute atomic E-state index is 12.9. The monoisotopic (exact) mass is 258 g/mol. The van der Waals surface area contributed by atoms with Gasteiger partial charge in [0.15, 0.2) is 0 Å². The summed E-state index contributed by atoms with van der Waals surface area (Å²) >= 11 is 0. The molecule has 1 rings (SSSR count). The summed E-state index contributed by atoms with van der Waals surface area (Å²) in [6, 6.07) is 0. The number of Topliss-reactive ketones (excluding diaryl/α,β-unsaturated/α-hetero) is 1. The zero-order valence-corrected chi connectivity index (χ0v) is 9.49. The van der Waals surface area contributed by atoms with E-state index < -0.39 is 23.8 Å². The second kappa shape index (κ2) is 4.90. The van der Waals surface area contributed by atoms with Crippen molar-refractivity contribution in [1.82, 2.24) is 0 Å². The molecule has 1 saturated carbocycles. The molecule has 17 heavy (non-hydrogen) atoms. The van der Waals surface area contributed by atoms with Gasteiger partial charge in [0.2, 0.25) is 5.78 Å². The van der Waals surface area contributed by atoms with Gasteiger partial charge in [-0.15, -0.1) is 0 Å². The summed E-state index contributed by atoms with van der Waals surface area (Å²) in [5.41, 5.74) is 0. The molecule has 0 saturated heterocycles. The van der Waals surface area contributed by atoms with Crippen LogP contribution >= 0.6 is 0 Å². The largest absolute Gasteiger partial charge is 0.461 e. The van der Waals surface area contributed by atoms with E-state index in [9.17, 15) is 26.7 Å². The van der Waals surface area contributed by atoms with Gasteiger partial charge in [0.05, 0.1) is 0 Å². The van der Waals surface area contributed by atoms with Gasteiger partial charge in [0.25, 0.3) is 0 Å². The number of carbonyl (C=O) groups excluding carboxylic acids is 1. The van der Waals surface area contributed by atoms with Crippen molar-refractivity contribution >= 4 is 5.78 Å². The molecular formula is C11H15F5O. The molecule has 100 valence electrons. The van der Waals surface area contributed by atoms with E-state index in [4.69, 9.17) is 0 Å². The Balaban J connectivity index is 2.76. The number of alkyl halides is 5. The van der Waals surface area contributed by atoms with E-state index in [1.165, 1.54) is 0 Å². The molecule has 0 aliphatic heterocycles. The van der Waals surface area contributed by atoms with E-state index >= 15 is 0 Å². The van der Waals surface area contributed by atoms with Gasteiger partial charge in [0.1, 0.15) is 0 Å². The van der Waals surface area contributed by atoms with Crippen molar-refractivity contribution in [3.05, 3.63) is 0 Å². The van der Waals surface area contributed by atoms with E-state index in [1.54, 1.807) is 0 Å². The Morgan fingerprint density at radius 3 is 2.24 bits per heavy atom. The van der Waals surface area contributed by atoms with Crippen molar-refractivity contribution in [2.45, 2.75) is 51.1 Å². The minimum absolute atomic E-state index is 0.0849. The third-order valence-corrected chi connectivity index (χ3v) is 3.40. The molecule has 0 aromatic heterocycles. The summed E-state index contributed by atoms with van der Waals surface area (Å²) in [6.45, 7) is 1.85. The predicted molar refractivity (Wildman–Crippen MR) is 51.7 cm³/mol. The molecule has 2 unspecified atom stereocenters. The zero-order chi connectivity index (χ0) is 13.3. The van der Waals surface area contributed by atoms with Gasteiger partial charge in [-0.25, -0.2) is 0 Å². The average Bonchev–Trinajstić information content (AvgIpc) is 2.26. The van der Waals surface area contributed by atoms with E-state index in [0.717, 1.165) is 6.42 Å². The third-order valence-electron chi connectivity index (χ3n) is 3.40. The maximum Gasteiger partial charge on any atom is 0.461 e. The third kappa shape index (κ3) is 2.96. The van der Waals surface area contributed by atoms with Crippen molar-refractivity contribution < 1.29 is 26.7 Å². The molecule has 0 bridgehead atoms. The zero-order valence-electron chi connectivity index (χ0n) is 9.49. The van der Waals surface area contributed by atoms with Crippen LogP contribution in [0.1, 0.15) is 39.0 Å². The number of rotatable bonds is 3. The van der Waals surface area contributed by atoms with Crippen LogP contribution in [-0.4, -0.2) is 17.9 Å². The van der Waals surface area contributed by atoms with Crippen LogP contribution in [0.3, 0.4) is 0 Å². The predicted octanol–water partition coefficient (Wildman–Crippen LogP) is 3.97. The topological polar surface area (TPSA) is 17.1 Å². The molecule has 1 nitrogen and oxygen atoms in total. The van der Waals surface area contributed by atoms with Crippen molar-refractivity contribution in [3.63, 3.8) is 0 Å². The molecular weight excluding hydrogens is 243 g/mol. The summed E-state index contributed by atoms with van der Waals surface area (Å²) in [7, 11) is 0. The number of carbonyl (C=O) groups is 1. The number of halogens is 5. The molecule has 0 N–H and O–H groups in total. The first kappa shape index (κ1) is 14.4. The van der Waals surface area contributed by atoms with Crippen LogP contribution in [0.2, 0.25) is 0 Å². The van der Waals surface area contributed by atoms with Gasteiger partial charge < -0.3 is 0 Å². The first-order valence-electron chi connectivity index (χ1n) is 5.69. The van der Waals surface area contributed by atoms with Crippen LogP contribution in [0.5, 0.6) is 0 Å². The van der Waals surface area contributed by atoms with Gasteiger partial charge in [0, 0.05) is 5.92 Å². The van der Waals surface area contributed by atoms with Crippen molar-refractivity contribution in [1.29, 1.82) is 0 Å². The lowest BCUT2D eigenvalue weighted by Crippen LogP contribution is -2.47. The van der Waals surface area contributed by atoms with Crippen molar-refractivity contribution in [2.75, 3.05) is 0 Å². The molecule has 1 aliphatic rings. The first-order valence-corrected chi connectivity index (χ1v) is 5.69. The molecule has 0 radical (unpaired) electrons. The molecule has 0 aromatic carbocycles. The molecule has 1 fully saturated rings. The second-order valence-electron chi connectivity index (χ2n) is 4.57. The highest BCUT2D eigenvalue weighted by Crippen LogP contribution is 2.42. The quantitative estimate of drug-likeness (QED) is 0.700. The molecule has 1 aliphatic carbocycles. The normalized spacial score (nSPS) is 26.9. The first-order chi connectivity index (χ1) is 7.70. The van der Waals surface area contributed by atoms with Crippen LogP contribution in [0, 0.1) is 11.8 Å². The SMILES string of the molecule is CCC1CCCC(C(=O)C(F)(F)C(F)(F)F)C1. The van der Waals surface area contributed by atoms with Crippen LogP contribution in [0.25, 0.3) is 0 Å². The molecule has 0 aromatic rings. The molecule has 0 spiro atoms.